The summed E-state index contributed by atoms with van der Waals surface area (Å²) in [4.78, 5) is 10.7. The van der Waals surface area contributed by atoms with Crippen molar-refractivity contribution in [1.82, 2.24) is 14.5 Å². The Morgan fingerprint density at radius 1 is 0.439 bits per heavy atom. The van der Waals surface area contributed by atoms with E-state index >= 15 is 0 Å². The van der Waals surface area contributed by atoms with Crippen LogP contribution in [0.3, 0.4) is 0 Å². The number of para-hydroxylation sites is 1. The lowest BCUT2D eigenvalue weighted by atomic mass is 9.79. The number of hydrogen-bond acceptors (Lipinski definition) is 3. The number of phenolic OH excluding ortho intramolecular Hbond substituents is 1. The normalized spacial score (nSPS) is 12.2. The number of pyridine rings is 1. The van der Waals surface area contributed by atoms with Crippen LogP contribution in [0.25, 0.3) is 83.9 Å². The molecule has 0 spiro atoms. The zero-order valence-corrected chi connectivity index (χ0v) is 40.4. The van der Waals surface area contributed by atoms with Crippen molar-refractivity contribution in [2.24, 2.45) is 0 Å². The average molecular weight is 864 g/mol. The van der Waals surface area contributed by atoms with Gasteiger partial charge in [0.05, 0.1) is 28.0 Å². The summed E-state index contributed by atoms with van der Waals surface area (Å²) in [5.41, 5.74) is 19.3. The molecule has 9 aromatic rings. The van der Waals surface area contributed by atoms with Gasteiger partial charge in [-0.05, 0) is 129 Å². The van der Waals surface area contributed by atoms with E-state index in [1.54, 1.807) is 0 Å². The predicted octanol–water partition coefficient (Wildman–Crippen LogP) is 16.6. The second-order valence-electron chi connectivity index (χ2n) is 21.2. The number of fused-ring (bicyclic) bond motifs is 1. The highest BCUT2D eigenvalue weighted by Crippen LogP contribution is 2.46. The molecule has 0 saturated carbocycles. The molecule has 0 bridgehead atoms. The Hall–Kier alpha value is -7.04. The lowest BCUT2D eigenvalue weighted by Crippen LogP contribution is -2.17. The van der Waals surface area contributed by atoms with Crippen LogP contribution in [-0.4, -0.2) is 19.6 Å². The van der Waals surface area contributed by atoms with Crippen molar-refractivity contribution >= 4 is 11.0 Å². The van der Waals surface area contributed by atoms with Gasteiger partial charge in [0, 0.05) is 28.5 Å². The molecular formula is C62H61N3O. The van der Waals surface area contributed by atoms with E-state index < -0.39 is 0 Å². The van der Waals surface area contributed by atoms with Crippen molar-refractivity contribution < 1.29 is 5.11 Å². The fourth-order valence-corrected chi connectivity index (χ4v) is 9.03. The van der Waals surface area contributed by atoms with Gasteiger partial charge >= 0.3 is 0 Å². The van der Waals surface area contributed by atoms with Crippen molar-refractivity contribution in [1.29, 1.82) is 0 Å². The summed E-state index contributed by atoms with van der Waals surface area (Å²) < 4.78 is 2.29. The van der Waals surface area contributed by atoms with E-state index in [4.69, 9.17) is 9.97 Å². The number of hydrogen-bond donors (Lipinski definition) is 1. The van der Waals surface area contributed by atoms with E-state index in [1.165, 1.54) is 16.7 Å². The van der Waals surface area contributed by atoms with Crippen LogP contribution in [0.4, 0.5) is 0 Å². The Labute approximate surface area is 391 Å². The highest BCUT2D eigenvalue weighted by molar-refractivity contribution is 5.98. The molecule has 2 aromatic heterocycles. The Kier molecular flexibility index (Phi) is 11.2. The SMILES string of the molecule is Cc1ccc(-c2ccnc(-c3cc(-c4ccccc4)cc(-c4cccc5c4nc(-c4cc(C(C)(C)C)cc(C(C)(C)C)c4O)n5-c4ccc(C)cc4-c4ccc(C(C)(C)C)cc4)c3)c2)cc1. The van der Waals surface area contributed by atoms with Gasteiger partial charge in [-0.1, -0.05) is 177 Å². The Bertz CT molecular complexity index is 3240. The van der Waals surface area contributed by atoms with Gasteiger partial charge in [0.1, 0.15) is 11.6 Å². The first-order valence-electron chi connectivity index (χ1n) is 23.2. The van der Waals surface area contributed by atoms with E-state index in [9.17, 15) is 5.11 Å². The molecule has 7 aromatic carbocycles. The van der Waals surface area contributed by atoms with E-state index in [0.29, 0.717) is 11.4 Å². The molecule has 9 rings (SSSR count). The second-order valence-corrected chi connectivity index (χ2v) is 21.2. The second kappa shape index (κ2) is 16.7. The van der Waals surface area contributed by atoms with Gasteiger partial charge in [-0.2, -0.15) is 0 Å². The monoisotopic (exact) mass is 863 g/mol. The van der Waals surface area contributed by atoms with Gasteiger partial charge in [-0.15, -0.1) is 0 Å². The molecule has 0 saturated heterocycles. The van der Waals surface area contributed by atoms with Crippen molar-refractivity contribution in [2.45, 2.75) is 92.4 Å². The van der Waals surface area contributed by atoms with Gasteiger partial charge in [0.25, 0.3) is 0 Å². The van der Waals surface area contributed by atoms with Crippen LogP contribution in [0.15, 0.2) is 164 Å². The van der Waals surface area contributed by atoms with Crippen LogP contribution in [0, 0.1) is 13.8 Å². The lowest BCUT2D eigenvalue weighted by molar-refractivity contribution is 0.446. The number of imidazole rings is 1. The van der Waals surface area contributed by atoms with E-state index in [0.717, 1.165) is 83.6 Å². The van der Waals surface area contributed by atoms with Crippen LogP contribution in [0.5, 0.6) is 5.75 Å². The smallest absolute Gasteiger partial charge is 0.149 e. The van der Waals surface area contributed by atoms with Crippen LogP contribution in [0.1, 0.15) is 90.1 Å². The fourth-order valence-electron chi connectivity index (χ4n) is 9.03. The molecule has 2 heterocycles. The standard InChI is InChI=1S/C62H61N3O/c1-39-20-23-42(24-21-39)44-30-31-63-54(36-44)47-34-45(41-16-13-12-14-17-41)33-46(35-47)50-18-15-19-56-57(50)64-59(52-37-49(61(6,7)8)38-53(58(52)66)62(9,10)11)65(56)55-29-22-40(2)32-51(55)43-25-27-48(28-26-43)60(3,4)5/h12-38,66H,1-11H3. The zero-order valence-electron chi connectivity index (χ0n) is 40.4. The maximum Gasteiger partial charge on any atom is 0.149 e. The first-order chi connectivity index (χ1) is 31.3. The summed E-state index contributed by atoms with van der Waals surface area (Å²) in [5, 5.41) is 12.6. The quantitative estimate of drug-likeness (QED) is 0.174. The molecule has 4 heteroatoms. The third kappa shape index (κ3) is 8.61. The van der Waals surface area contributed by atoms with Crippen LogP contribution < -0.4 is 0 Å². The van der Waals surface area contributed by atoms with Gasteiger partial charge in [-0.25, -0.2) is 4.98 Å². The van der Waals surface area contributed by atoms with Crippen molar-refractivity contribution in [3.05, 3.63) is 192 Å². The van der Waals surface area contributed by atoms with E-state index in [2.05, 4.69) is 238 Å². The molecule has 1 N–H and O–H groups in total. The summed E-state index contributed by atoms with van der Waals surface area (Å²) in [6.07, 6.45) is 1.91. The molecule has 0 aliphatic rings. The van der Waals surface area contributed by atoms with Crippen molar-refractivity contribution in [2.75, 3.05) is 0 Å². The summed E-state index contributed by atoms with van der Waals surface area (Å²) >= 11 is 0. The van der Waals surface area contributed by atoms with E-state index in [-0.39, 0.29) is 22.0 Å². The third-order valence-corrected chi connectivity index (χ3v) is 13.0. The van der Waals surface area contributed by atoms with Crippen molar-refractivity contribution in [3.63, 3.8) is 0 Å². The van der Waals surface area contributed by atoms with Gasteiger partial charge in [-0.3, -0.25) is 9.55 Å². The maximum atomic E-state index is 12.6. The topological polar surface area (TPSA) is 50.9 Å². The Morgan fingerprint density at radius 2 is 1.08 bits per heavy atom. The van der Waals surface area contributed by atoms with Crippen LogP contribution in [-0.2, 0) is 16.2 Å². The lowest BCUT2D eigenvalue weighted by Gasteiger charge is -2.27. The number of nitrogens with zero attached hydrogens (tertiary/aromatic N) is 3. The summed E-state index contributed by atoms with van der Waals surface area (Å²) in [7, 11) is 0. The number of aryl methyl sites for hydroxylation is 2. The maximum absolute atomic E-state index is 12.6. The number of aromatic hydroxyl groups is 1. The van der Waals surface area contributed by atoms with Gasteiger partial charge < -0.3 is 5.11 Å². The molecule has 0 amide bonds. The zero-order chi connectivity index (χ0) is 46.7. The highest BCUT2D eigenvalue weighted by Gasteiger charge is 2.29. The van der Waals surface area contributed by atoms with E-state index in [1.807, 2.05) is 6.20 Å². The minimum atomic E-state index is -0.328. The fraction of sp³-hybridized carbons (Fsp3) is 0.226. The summed E-state index contributed by atoms with van der Waals surface area (Å²) in [6, 6.07) is 56.8. The minimum Gasteiger partial charge on any atom is -0.507 e. The minimum absolute atomic E-state index is 0.0239. The molecule has 0 fully saturated rings. The van der Waals surface area contributed by atoms with Crippen LogP contribution >= 0.6 is 0 Å². The van der Waals surface area contributed by atoms with Crippen molar-refractivity contribution in [3.8, 4) is 78.6 Å². The number of aromatic nitrogens is 3. The summed E-state index contributed by atoms with van der Waals surface area (Å²) in [5.74, 6) is 0.944. The number of phenols is 1. The molecule has 330 valence electrons. The van der Waals surface area contributed by atoms with Gasteiger partial charge in [0.15, 0.2) is 0 Å². The third-order valence-electron chi connectivity index (χ3n) is 13.0. The Balaban J connectivity index is 1.34. The molecular weight excluding hydrogens is 803 g/mol. The summed E-state index contributed by atoms with van der Waals surface area (Å²) in [6.45, 7) is 24.2. The number of benzene rings is 7. The average Bonchev–Trinajstić information content (AvgIpc) is 3.68. The van der Waals surface area contributed by atoms with Gasteiger partial charge in [0.2, 0.25) is 0 Å². The largest absolute Gasteiger partial charge is 0.507 e. The molecule has 0 aliphatic carbocycles. The first-order valence-corrected chi connectivity index (χ1v) is 23.2. The molecule has 4 nitrogen and oxygen atoms in total. The predicted molar refractivity (Wildman–Crippen MR) is 279 cm³/mol. The molecule has 0 atom stereocenters. The molecule has 0 aliphatic heterocycles. The Morgan fingerprint density at radius 3 is 1.76 bits per heavy atom. The van der Waals surface area contributed by atoms with Crippen LogP contribution in [0.2, 0.25) is 0 Å². The molecule has 66 heavy (non-hydrogen) atoms. The highest BCUT2D eigenvalue weighted by atomic mass is 16.3. The first kappa shape index (κ1) is 44.2. The molecule has 0 radical (unpaired) electrons. The molecule has 0 unspecified atom stereocenters. The number of rotatable bonds is 7.